The number of carboxylic acid groups (broad SMARTS) is 1. The van der Waals surface area contributed by atoms with Gasteiger partial charge in [0, 0.05) is 12.8 Å². The van der Waals surface area contributed by atoms with E-state index in [0.717, 1.165) is 83.5 Å². The Hall–Kier alpha value is -3.27. The number of nitrogens with zero attached hydrogens (tertiary/aromatic N) is 1. The molecule has 0 heterocycles. The van der Waals surface area contributed by atoms with E-state index in [1.807, 2.05) is 21.1 Å². The van der Waals surface area contributed by atoms with E-state index >= 15 is 0 Å². The summed E-state index contributed by atoms with van der Waals surface area (Å²) in [7, 11) is 5.92. The topological polar surface area (TPSA) is 111 Å². The molecule has 0 aliphatic carbocycles. The standard InChI is InChI=1S/C71H127NO8/c1-6-8-10-12-14-16-18-20-22-24-26-28-30-31-32-33-34-35-36-37-38-40-41-43-45-47-49-51-53-55-57-59-61-68(73)78-65-67(66-79-71(70(75)76)77-64-63-72(3,4)5)80-69(74)62-60-58-56-54-52-50-48-46-44-42-39-29-27-25-23-21-19-17-15-13-11-9-7-2/h9,11,15,17,21,23,27,29,42,44,48,50,67,71H,6-8,10,12-14,16,18-20,22,24-26,28,30-41,43,45-47,49,51-66H2,1-5H3/b11-9-,17-15-,23-21-,29-27-,44-42-,50-48-. The average molecular weight is 1120 g/mol. The number of carboxylic acids is 1. The van der Waals surface area contributed by atoms with E-state index < -0.39 is 24.3 Å². The van der Waals surface area contributed by atoms with Crippen LogP contribution in [0.15, 0.2) is 72.9 Å². The van der Waals surface area contributed by atoms with Crippen molar-refractivity contribution >= 4 is 17.9 Å². The van der Waals surface area contributed by atoms with Gasteiger partial charge in [-0.05, 0) is 64.2 Å². The van der Waals surface area contributed by atoms with Gasteiger partial charge in [-0.3, -0.25) is 9.59 Å². The van der Waals surface area contributed by atoms with Gasteiger partial charge in [0.05, 0.1) is 40.3 Å². The minimum absolute atomic E-state index is 0.140. The zero-order chi connectivity index (χ0) is 58.3. The van der Waals surface area contributed by atoms with E-state index in [0.29, 0.717) is 17.4 Å². The summed E-state index contributed by atoms with van der Waals surface area (Å²) in [5, 5.41) is 11.8. The third-order valence-electron chi connectivity index (χ3n) is 14.7. The van der Waals surface area contributed by atoms with Gasteiger partial charge >= 0.3 is 11.9 Å². The zero-order valence-electron chi connectivity index (χ0n) is 52.9. The summed E-state index contributed by atoms with van der Waals surface area (Å²) in [4.78, 5) is 37.4. The second-order valence-corrected chi connectivity index (χ2v) is 23.7. The molecule has 0 saturated carbocycles. The first kappa shape index (κ1) is 76.7. The summed E-state index contributed by atoms with van der Waals surface area (Å²) < 4.78 is 22.7. The lowest BCUT2D eigenvalue weighted by Crippen LogP contribution is -2.44. The Morgan fingerprint density at radius 2 is 0.713 bits per heavy atom. The SMILES string of the molecule is CC/C=C\C/C=C\C/C=C\C/C=C\C/C=C\C/C=C\CCCCCCC(=O)OC(COC(=O)CCCCCCCCCCCCCCCCCCCCCCCCCCCCCCCCCC)COC(OCC[N+](C)(C)C)C(=O)[O-]. The number of hydrogen-bond donors (Lipinski definition) is 0. The van der Waals surface area contributed by atoms with Crippen molar-refractivity contribution in [3.8, 4) is 0 Å². The van der Waals surface area contributed by atoms with Crippen LogP contribution in [0.3, 0.4) is 0 Å². The molecule has 2 atom stereocenters. The molecule has 0 aromatic rings. The molecule has 0 N–H and O–H groups in total. The fraction of sp³-hybridized carbons (Fsp3) is 0.789. The second-order valence-electron chi connectivity index (χ2n) is 23.7. The normalized spacial score (nSPS) is 13.2. The largest absolute Gasteiger partial charge is 0.545 e. The number of aliphatic carboxylic acids is 1. The number of carbonyl (C=O) groups excluding carboxylic acids is 3. The summed E-state index contributed by atoms with van der Waals surface area (Å²) >= 11 is 0. The summed E-state index contributed by atoms with van der Waals surface area (Å²) in [6, 6.07) is 0. The van der Waals surface area contributed by atoms with Crippen LogP contribution in [0.5, 0.6) is 0 Å². The molecule has 0 rings (SSSR count). The van der Waals surface area contributed by atoms with Gasteiger partial charge in [-0.15, -0.1) is 0 Å². The van der Waals surface area contributed by atoms with E-state index in [2.05, 4.69) is 86.8 Å². The van der Waals surface area contributed by atoms with E-state index in [4.69, 9.17) is 18.9 Å². The minimum Gasteiger partial charge on any atom is -0.545 e. The molecule has 0 aliphatic heterocycles. The van der Waals surface area contributed by atoms with Gasteiger partial charge in [-0.25, -0.2) is 0 Å². The third-order valence-corrected chi connectivity index (χ3v) is 14.7. The van der Waals surface area contributed by atoms with Crippen LogP contribution in [-0.2, 0) is 33.3 Å². The Morgan fingerprint density at radius 1 is 0.388 bits per heavy atom. The van der Waals surface area contributed by atoms with Crippen LogP contribution in [0.25, 0.3) is 0 Å². The van der Waals surface area contributed by atoms with Gasteiger partial charge in [-0.2, -0.15) is 0 Å². The molecule has 0 bridgehead atoms. The molecule has 464 valence electrons. The lowest BCUT2D eigenvalue weighted by molar-refractivity contribution is -0.870. The number of unbranched alkanes of at least 4 members (excludes halogenated alkanes) is 35. The quantitative estimate of drug-likeness (QED) is 0.0195. The van der Waals surface area contributed by atoms with Crippen molar-refractivity contribution in [3.63, 3.8) is 0 Å². The van der Waals surface area contributed by atoms with Crippen LogP contribution >= 0.6 is 0 Å². The molecule has 80 heavy (non-hydrogen) atoms. The Morgan fingerprint density at radius 3 is 1.06 bits per heavy atom. The third kappa shape index (κ3) is 62.3. The maximum atomic E-state index is 12.9. The molecule has 2 unspecified atom stereocenters. The summed E-state index contributed by atoms with van der Waals surface area (Å²) in [6.07, 6.45) is 78.5. The second kappa shape index (κ2) is 61.8. The van der Waals surface area contributed by atoms with Gasteiger partial charge in [0.1, 0.15) is 13.2 Å². The van der Waals surface area contributed by atoms with Crippen LogP contribution in [-0.4, -0.2) is 82.3 Å². The van der Waals surface area contributed by atoms with Crippen LogP contribution in [0.4, 0.5) is 0 Å². The Labute approximate surface area is 494 Å². The van der Waals surface area contributed by atoms with E-state index in [9.17, 15) is 19.5 Å². The smallest absolute Gasteiger partial charge is 0.306 e. The zero-order valence-corrected chi connectivity index (χ0v) is 52.9. The van der Waals surface area contributed by atoms with Gasteiger partial charge in [0.2, 0.25) is 0 Å². The molecule has 0 aromatic carbocycles. The Balaban J connectivity index is 4.12. The van der Waals surface area contributed by atoms with Gasteiger partial charge in [0.25, 0.3) is 0 Å². The van der Waals surface area contributed by atoms with Crippen molar-refractivity contribution in [2.75, 3.05) is 47.5 Å². The van der Waals surface area contributed by atoms with Crippen molar-refractivity contribution in [2.24, 2.45) is 0 Å². The predicted octanol–water partition coefficient (Wildman–Crippen LogP) is 19.2. The van der Waals surface area contributed by atoms with Gasteiger partial charge in [-0.1, -0.05) is 299 Å². The summed E-state index contributed by atoms with van der Waals surface area (Å²) in [5.74, 6) is -2.31. The number of ether oxygens (including phenoxy) is 4. The number of esters is 2. The number of carbonyl (C=O) groups is 3. The maximum Gasteiger partial charge on any atom is 0.306 e. The van der Waals surface area contributed by atoms with Gasteiger partial charge < -0.3 is 33.3 Å². The molecular weight excluding hydrogens is 995 g/mol. The molecule has 0 amide bonds. The predicted molar refractivity (Wildman–Crippen MR) is 338 cm³/mol. The maximum absolute atomic E-state index is 12.9. The molecule has 0 radical (unpaired) electrons. The van der Waals surface area contributed by atoms with Crippen LogP contribution in [0, 0.1) is 0 Å². The first-order valence-corrected chi connectivity index (χ1v) is 33.6. The monoisotopic (exact) mass is 1120 g/mol. The fourth-order valence-corrected chi connectivity index (χ4v) is 9.60. The summed E-state index contributed by atoms with van der Waals surface area (Å²) in [5.41, 5.74) is 0. The van der Waals surface area contributed by atoms with E-state index in [-0.39, 0.29) is 38.6 Å². The number of allylic oxidation sites excluding steroid dienone is 12. The average Bonchev–Trinajstić information content (AvgIpc) is 3.43. The fourth-order valence-electron chi connectivity index (χ4n) is 9.60. The van der Waals surface area contributed by atoms with Gasteiger partial charge in [0.15, 0.2) is 12.4 Å². The number of quaternary nitrogens is 1. The number of hydrogen-bond acceptors (Lipinski definition) is 8. The molecular formula is C71H127NO8. The highest BCUT2D eigenvalue weighted by atomic mass is 16.7. The van der Waals surface area contributed by atoms with Crippen LogP contribution in [0.2, 0.25) is 0 Å². The number of likely N-dealkylation sites (N-methyl/N-ethyl adjacent to an activating group) is 1. The minimum atomic E-state index is -1.63. The van der Waals surface area contributed by atoms with Crippen molar-refractivity contribution in [1.82, 2.24) is 0 Å². The van der Waals surface area contributed by atoms with E-state index in [1.54, 1.807) is 0 Å². The molecule has 0 saturated heterocycles. The van der Waals surface area contributed by atoms with Crippen molar-refractivity contribution in [1.29, 1.82) is 0 Å². The molecule has 0 fully saturated rings. The first-order chi connectivity index (χ1) is 39.1. The highest BCUT2D eigenvalue weighted by Crippen LogP contribution is 2.18. The van der Waals surface area contributed by atoms with Crippen LogP contribution in [0.1, 0.15) is 303 Å². The van der Waals surface area contributed by atoms with Crippen LogP contribution < -0.4 is 5.11 Å². The highest BCUT2D eigenvalue weighted by Gasteiger charge is 2.22. The molecule has 9 heteroatoms. The lowest BCUT2D eigenvalue weighted by Gasteiger charge is -2.26. The van der Waals surface area contributed by atoms with Crippen molar-refractivity contribution in [3.05, 3.63) is 72.9 Å². The molecule has 0 aromatic heterocycles. The summed E-state index contributed by atoms with van der Waals surface area (Å²) in [6.45, 7) is 4.64. The lowest BCUT2D eigenvalue weighted by atomic mass is 10.0. The number of rotatable bonds is 62. The molecule has 0 spiro atoms. The first-order valence-electron chi connectivity index (χ1n) is 33.6. The molecule has 0 aliphatic rings. The molecule has 9 nitrogen and oxygen atoms in total. The van der Waals surface area contributed by atoms with E-state index in [1.165, 1.54) is 186 Å². The highest BCUT2D eigenvalue weighted by molar-refractivity contribution is 5.70. The van der Waals surface area contributed by atoms with Crippen molar-refractivity contribution in [2.45, 2.75) is 315 Å². The Bertz CT molecular complexity index is 1540. The Kier molecular flexibility index (Phi) is 59.3. The van der Waals surface area contributed by atoms with Crippen molar-refractivity contribution < 1.29 is 42.9 Å².